The average Bonchev–Trinajstić information content (AvgIpc) is 2.40. The van der Waals surface area contributed by atoms with Crippen LogP contribution in [0.4, 0.5) is 17.6 Å². The summed E-state index contributed by atoms with van der Waals surface area (Å²) in [5.74, 6) is -2.73. The van der Waals surface area contributed by atoms with Crippen molar-refractivity contribution in [1.82, 2.24) is 5.32 Å². The van der Waals surface area contributed by atoms with Gasteiger partial charge >= 0.3 is 12.1 Å². The van der Waals surface area contributed by atoms with E-state index in [4.69, 9.17) is 5.11 Å². The van der Waals surface area contributed by atoms with E-state index < -0.39 is 41.4 Å². The molecule has 0 aromatic heterocycles. The highest BCUT2D eigenvalue weighted by atomic mass is 19.4. The number of aliphatic carboxylic acids is 1. The maximum absolute atomic E-state index is 13.0. The first-order valence-corrected chi connectivity index (χ1v) is 7.00. The van der Waals surface area contributed by atoms with E-state index in [9.17, 15) is 27.2 Å². The van der Waals surface area contributed by atoms with Gasteiger partial charge in [0, 0.05) is 13.0 Å². The summed E-state index contributed by atoms with van der Waals surface area (Å²) < 4.78 is 51.5. The summed E-state index contributed by atoms with van der Waals surface area (Å²) in [5, 5.41) is 11.4. The van der Waals surface area contributed by atoms with E-state index in [1.54, 1.807) is 0 Å². The van der Waals surface area contributed by atoms with Crippen LogP contribution in [0.2, 0.25) is 0 Å². The number of carbonyl (C=O) groups excluding carboxylic acids is 1. The Hall–Kier alpha value is -2.12. The van der Waals surface area contributed by atoms with Gasteiger partial charge in [-0.05, 0) is 30.5 Å². The van der Waals surface area contributed by atoms with Crippen molar-refractivity contribution in [2.24, 2.45) is 5.41 Å². The van der Waals surface area contributed by atoms with E-state index in [0.717, 1.165) is 12.1 Å². The summed E-state index contributed by atoms with van der Waals surface area (Å²) in [6.07, 6.45) is -3.56. The zero-order valence-electron chi connectivity index (χ0n) is 12.0. The summed E-state index contributed by atoms with van der Waals surface area (Å²) in [5.41, 5.74) is -2.54. The van der Waals surface area contributed by atoms with Gasteiger partial charge in [-0.25, -0.2) is 4.39 Å². The molecule has 126 valence electrons. The van der Waals surface area contributed by atoms with Crippen LogP contribution in [0.25, 0.3) is 0 Å². The Labute approximate surface area is 129 Å². The van der Waals surface area contributed by atoms with Crippen molar-refractivity contribution in [3.8, 4) is 0 Å². The number of nitrogens with one attached hydrogen (secondary N) is 1. The van der Waals surface area contributed by atoms with Gasteiger partial charge in [0.1, 0.15) is 5.82 Å². The Morgan fingerprint density at radius 2 is 1.91 bits per heavy atom. The van der Waals surface area contributed by atoms with Crippen molar-refractivity contribution in [2.45, 2.75) is 38.4 Å². The van der Waals surface area contributed by atoms with Crippen LogP contribution < -0.4 is 5.32 Å². The van der Waals surface area contributed by atoms with Crippen molar-refractivity contribution in [3.05, 3.63) is 35.1 Å². The summed E-state index contributed by atoms with van der Waals surface area (Å²) in [7, 11) is 0. The highest BCUT2D eigenvalue weighted by molar-refractivity contribution is 5.85. The number of hydrogen-bond acceptors (Lipinski definition) is 2. The molecular weight excluding hydrogens is 318 g/mol. The molecule has 1 aliphatic carbocycles. The molecule has 0 heterocycles. The minimum atomic E-state index is -4.74. The number of halogens is 4. The van der Waals surface area contributed by atoms with E-state index in [2.05, 4.69) is 5.32 Å². The van der Waals surface area contributed by atoms with Crippen LogP contribution in [0.15, 0.2) is 18.2 Å². The summed E-state index contributed by atoms with van der Waals surface area (Å²) in [6, 6.07) is 2.20. The average molecular weight is 333 g/mol. The van der Waals surface area contributed by atoms with Crippen LogP contribution in [-0.2, 0) is 22.3 Å². The fraction of sp³-hybridized carbons (Fsp3) is 0.467. The lowest BCUT2D eigenvalue weighted by atomic mass is 9.66. The summed E-state index contributed by atoms with van der Waals surface area (Å²) in [6.45, 7) is -0.441. The molecule has 1 aromatic rings. The van der Waals surface area contributed by atoms with Gasteiger partial charge in [0.15, 0.2) is 0 Å². The van der Waals surface area contributed by atoms with Crippen LogP contribution in [0.3, 0.4) is 0 Å². The zero-order valence-corrected chi connectivity index (χ0v) is 12.0. The van der Waals surface area contributed by atoms with Crippen LogP contribution in [-0.4, -0.2) is 17.0 Å². The number of hydrogen-bond donors (Lipinski definition) is 2. The molecule has 1 saturated carbocycles. The fourth-order valence-corrected chi connectivity index (χ4v) is 2.60. The zero-order chi connectivity index (χ0) is 17.3. The monoisotopic (exact) mass is 333 g/mol. The van der Waals surface area contributed by atoms with E-state index in [0.29, 0.717) is 25.3 Å². The SMILES string of the molecule is O=C(CC1(C(=O)O)CCC1)NCc1ccc(F)cc1C(F)(F)F. The van der Waals surface area contributed by atoms with Crippen LogP contribution in [0, 0.1) is 11.2 Å². The van der Waals surface area contributed by atoms with Gasteiger partial charge in [0.2, 0.25) is 5.91 Å². The van der Waals surface area contributed by atoms with Gasteiger partial charge < -0.3 is 10.4 Å². The normalized spacial score (nSPS) is 16.5. The Morgan fingerprint density at radius 1 is 1.26 bits per heavy atom. The topological polar surface area (TPSA) is 66.4 Å². The Balaban J connectivity index is 2.04. The number of carbonyl (C=O) groups is 2. The number of carboxylic acid groups (broad SMARTS) is 1. The van der Waals surface area contributed by atoms with Gasteiger partial charge in [-0.15, -0.1) is 0 Å². The molecule has 23 heavy (non-hydrogen) atoms. The first kappa shape index (κ1) is 17.2. The number of alkyl halides is 3. The largest absolute Gasteiger partial charge is 0.481 e. The molecular formula is C15H15F4NO3. The Kier molecular flexibility index (Phi) is 4.63. The molecule has 0 bridgehead atoms. The molecule has 8 heteroatoms. The molecule has 0 radical (unpaired) electrons. The molecule has 2 rings (SSSR count). The number of carboxylic acids is 1. The summed E-state index contributed by atoms with van der Waals surface area (Å²) in [4.78, 5) is 23.0. The lowest BCUT2D eigenvalue weighted by Crippen LogP contribution is -2.42. The van der Waals surface area contributed by atoms with Crippen molar-refractivity contribution in [3.63, 3.8) is 0 Å². The predicted octanol–water partition coefficient (Wildman–Crippen LogP) is 3.11. The molecule has 0 atom stereocenters. The standard InChI is InChI=1S/C15H15F4NO3/c16-10-3-2-9(11(6-10)15(17,18)19)8-20-12(21)7-14(13(22)23)4-1-5-14/h2-3,6H,1,4-5,7-8H2,(H,20,21)(H,22,23). The molecule has 1 amide bonds. The second-order valence-corrected chi connectivity index (χ2v) is 5.69. The minimum Gasteiger partial charge on any atom is -0.481 e. The first-order valence-electron chi connectivity index (χ1n) is 7.00. The van der Waals surface area contributed by atoms with Gasteiger partial charge in [-0.3, -0.25) is 9.59 Å². The van der Waals surface area contributed by atoms with Crippen molar-refractivity contribution in [1.29, 1.82) is 0 Å². The minimum absolute atomic E-state index is 0.273. The third kappa shape index (κ3) is 3.80. The maximum atomic E-state index is 13.0. The van der Waals surface area contributed by atoms with Crippen molar-refractivity contribution < 1.29 is 32.3 Å². The second-order valence-electron chi connectivity index (χ2n) is 5.69. The fourth-order valence-electron chi connectivity index (χ4n) is 2.60. The molecule has 4 nitrogen and oxygen atoms in total. The van der Waals surface area contributed by atoms with Gasteiger partial charge in [-0.2, -0.15) is 13.2 Å². The van der Waals surface area contributed by atoms with Crippen molar-refractivity contribution >= 4 is 11.9 Å². The number of benzene rings is 1. The summed E-state index contributed by atoms with van der Waals surface area (Å²) >= 11 is 0. The maximum Gasteiger partial charge on any atom is 0.416 e. The van der Waals surface area contributed by atoms with Crippen LogP contribution >= 0.6 is 0 Å². The predicted molar refractivity (Wildman–Crippen MR) is 71.8 cm³/mol. The first-order chi connectivity index (χ1) is 10.6. The molecule has 0 unspecified atom stereocenters. The molecule has 1 aromatic carbocycles. The molecule has 1 fully saturated rings. The van der Waals surface area contributed by atoms with E-state index in [1.807, 2.05) is 0 Å². The van der Waals surface area contributed by atoms with E-state index in [-0.39, 0.29) is 12.0 Å². The Morgan fingerprint density at radius 3 is 2.39 bits per heavy atom. The van der Waals surface area contributed by atoms with E-state index >= 15 is 0 Å². The second kappa shape index (κ2) is 6.17. The molecule has 0 aliphatic heterocycles. The Bertz CT molecular complexity index is 624. The highest BCUT2D eigenvalue weighted by Crippen LogP contribution is 2.44. The van der Waals surface area contributed by atoms with E-state index in [1.165, 1.54) is 0 Å². The van der Waals surface area contributed by atoms with Crippen LogP contribution in [0.5, 0.6) is 0 Å². The lowest BCUT2D eigenvalue weighted by molar-refractivity contribution is -0.157. The van der Waals surface area contributed by atoms with Gasteiger partial charge in [0.25, 0.3) is 0 Å². The van der Waals surface area contributed by atoms with Crippen LogP contribution in [0.1, 0.15) is 36.8 Å². The lowest BCUT2D eigenvalue weighted by Gasteiger charge is -2.36. The molecule has 0 saturated heterocycles. The number of rotatable bonds is 5. The highest BCUT2D eigenvalue weighted by Gasteiger charge is 2.45. The van der Waals surface area contributed by atoms with Crippen molar-refractivity contribution in [2.75, 3.05) is 0 Å². The number of amides is 1. The van der Waals surface area contributed by atoms with Gasteiger partial charge in [0.05, 0.1) is 11.0 Å². The third-order valence-corrected chi connectivity index (χ3v) is 4.12. The molecule has 2 N–H and O–H groups in total. The molecule has 0 spiro atoms. The smallest absolute Gasteiger partial charge is 0.416 e. The quantitative estimate of drug-likeness (QED) is 0.814. The third-order valence-electron chi connectivity index (χ3n) is 4.12. The molecule has 1 aliphatic rings. The van der Waals surface area contributed by atoms with Gasteiger partial charge in [-0.1, -0.05) is 12.5 Å².